The molecule has 1 aromatic rings. The van der Waals surface area contributed by atoms with E-state index in [9.17, 15) is 4.79 Å². The third-order valence-corrected chi connectivity index (χ3v) is 2.67. The summed E-state index contributed by atoms with van der Waals surface area (Å²) in [5.41, 5.74) is 5.28. The van der Waals surface area contributed by atoms with Gasteiger partial charge in [0.2, 0.25) is 0 Å². The molecule has 0 aliphatic carbocycles. The third-order valence-electron chi connectivity index (χ3n) is 1.41. The lowest BCUT2D eigenvalue weighted by molar-refractivity contribution is -0.136. The zero-order valence-electron chi connectivity index (χ0n) is 7.04. The highest BCUT2D eigenvalue weighted by Gasteiger charge is 2.19. The van der Waals surface area contributed by atoms with Crippen LogP contribution in [-0.4, -0.2) is 37.6 Å². The van der Waals surface area contributed by atoms with Crippen molar-refractivity contribution in [3.8, 4) is 0 Å². The van der Waals surface area contributed by atoms with Crippen molar-refractivity contribution in [3.05, 3.63) is 6.33 Å². The van der Waals surface area contributed by atoms with Crippen molar-refractivity contribution in [2.45, 2.75) is 10.4 Å². The van der Waals surface area contributed by atoms with E-state index in [1.807, 2.05) is 0 Å². The van der Waals surface area contributed by atoms with Crippen LogP contribution >= 0.6 is 11.8 Å². The van der Waals surface area contributed by atoms with Crippen LogP contribution in [-0.2, 0) is 11.8 Å². The van der Waals surface area contributed by atoms with Crippen molar-refractivity contribution < 1.29 is 9.90 Å². The van der Waals surface area contributed by atoms with Crippen LogP contribution in [0.3, 0.4) is 0 Å². The second-order valence-corrected chi connectivity index (χ2v) is 3.57. The molecule has 0 aliphatic heterocycles. The average molecular weight is 202 g/mol. The summed E-state index contributed by atoms with van der Waals surface area (Å²) in [5, 5.41) is 16.0. The van der Waals surface area contributed by atoms with Gasteiger partial charge in [-0.05, 0) is 0 Å². The molecule has 0 bridgehead atoms. The number of carboxylic acids is 1. The molecule has 72 valence electrons. The molecule has 6 nitrogen and oxygen atoms in total. The number of aryl methyl sites for hydroxylation is 1. The Morgan fingerprint density at radius 2 is 2.62 bits per heavy atom. The Balaban J connectivity index is 2.67. The Morgan fingerprint density at radius 1 is 1.92 bits per heavy atom. The Bertz CT molecular complexity index is 301. The summed E-state index contributed by atoms with van der Waals surface area (Å²) in [6.45, 7) is 0.0762. The first kappa shape index (κ1) is 10.0. The van der Waals surface area contributed by atoms with Crippen molar-refractivity contribution in [2.75, 3.05) is 6.54 Å². The molecule has 0 fully saturated rings. The first-order valence-electron chi connectivity index (χ1n) is 3.58. The van der Waals surface area contributed by atoms with Gasteiger partial charge in [-0.2, -0.15) is 0 Å². The number of hydrogen-bond donors (Lipinski definition) is 2. The van der Waals surface area contributed by atoms with Crippen molar-refractivity contribution in [2.24, 2.45) is 12.8 Å². The molecule has 13 heavy (non-hydrogen) atoms. The van der Waals surface area contributed by atoms with Crippen LogP contribution in [0.5, 0.6) is 0 Å². The van der Waals surface area contributed by atoms with E-state index in [1.54, 1.807) is 11.6 Å². The summed E-state index contributed by atoms with van der Waals surface area (Å²) in [6, 6.07) is 0. The third kappa shape index (κ3) is 2.43. The van der Waals surface area contributed by atoms with Gasteiger partial charge in [-0.3, -0.25) is 4.79 Å². The van der Waals surface area contributed by atoms with Crippen LogP contribution in [0, 0.1) is 0 Å². The molecule has 0 saturated heterocycles. The van der Waals surface area contributed by atoms with Gasteiger partial charge in [0.15, 0.2) is 5.16 Å². The van der Waals surface area contributed by atoms with Crippen LogP contribution < -0.4 is 5.73 Å². The zero-order chi connectivity index (χ0) is 9.84. The largest absolute Gasteiger partial charge is 0.480 e. The number of carbonyl (C=O) groups is 1. The summed E-state index contributed by atoms with van der Waals surface area (Å²) in [6.07, 6.45) is 1.51. The quantitative estimate of drug-likeness (QED) is 0.628. The SMILES string of the molecule is Cn1cnnc1SC(CN)C(=O)O. The molecule has 1 aromatic heterocycles. The summed E-state index contributed by atoms with van der Waals surface area (Å²) >= 11 is 1.09. The second-order valence-electron chi connectivity index (χ2n) is 2.40. The minimum atomic E-state index is -0.935. The van der Waals surface area contributed by atoms with Gasteiger partial charge in [0.05, 0.1) is 0 Å². The van der Waals surface area contributed by atoms with Crippen LogP contribution in [0.15, 0.2) is 11.5 Å². The van der Waals surface area contributed by atoms with Gasteiger partial charge in [-0.1, -0.05) is 11.8 Å². The molecule has 0 aliphatic rings. The molecule has 0 amide bonds. The molecule has 0 aromatic carbocycles. The molecule has 1 rings (SSSR count). The van der Waals surface area contributed by atoms with E-state index in [1.165, 1.54) is 6.33 Å². The predicted molar refractivity (Wildman–Crippen MR) is 47.3 cm³/mol. The Morgan fingerprint density at radius 3 is 3.00 bits per heavy atom. The first-order chi connectivity index (χ1) is 6.15. The van der Waals surface area contributed by atoms with Gasteiger partial charge in [-0.15, -0.1) is 10.2 Å². The fourth-order valence-corrected chi connectivity index (χ4v) is 1.47. The molecule has 1 unspecified atom stereocenters. The van der Waals surface area contributed by atoms with E-state index in [0.717, 1.165) is 11.8 Å². The summed E-state index contributed by atoms with van der Waals surface area (Å²) < 4.78 is 1.65. The van der Waals surface area contributed by atoms with Gasteiger partial charge < -0.3 is 15.4 Å². The summed E-state index contributed by atoms with van der Waals surface area (Å²) in [5.74, 6) is -0.935. The Labute approximate surface area is 79.1 Å². The lowest BCUT2D eigenvalue weighted by Crippen LogP contribution is -2.26. The maximum atomic E-state index is 10.6. The van der Waals surface area contributed by atoms with E-state index >= 15 is 0 Å². The van der Waals surface area contributed by atoms with Gasteiger partial charge in [0.25, 0.3) is 0 Å². The van der Waals surface area contributed by atoms with E-state index in [-0.39, 0.29) is 6.54 Å². The van der Waals surface area contributed by atoms with Gasteiger partial charge in [0.1, 0.15) is 11.6 Å². The number of nitrogens with two attached hydrogens (primary N) is 1. The van der Waals surface area contributed by atoms with Crippen molar-refractivity contribution in [1.29, 1.82) is 0 Å². The minimum Gasteiger partial charge on any atom is -0.480 e. The number of thioether (sulfide) groups is 1. The van der Waals surface area contributed by atoms with Gasteiger partial charge in [0, 0.05) is 13.6 Å². The van der Waals surface area contributed by atoms with Gasteiger partial charge >= 0.3 is 5.97 Å². The molecule has 0 radical (unpaired) electrons. The van der Waals surface area contributed by atoms with E-state index in [0.29, 0.717) is 5.16 Å². The van der Waals surface area contributed by atoms with Crippen molar-refractivity contribution >= 4 is 17.7 Å². The lowest BCUT2D eigenvalue weighted by Gasteiger charge is -2.07. The zero-order valence-corrected chi connectivity index (χ0v) is 7.86. The molecular weight excluding hydrogens is 192 g/mol. The standard InChI is InChI=1S/C6H10N4O2S/c1-10-3-8-9-6(10)13-4(2-7)5(11)12/h3-4H,2,7H2,1H3,(H,11,12). The fourth-order valence-electron chi connectivity index (χ4n) is 0.706. The van der Waals surface area contributed by atoms with E-state index in [4.69, 9.17) is 10.8 Å². The van der Waals surface area contributed by atoms with Crippen molar-refractivity contribution in [1.82, 2.24) is 14.8 Å². The number of rotatable bonds is 4. The maximum Gasteiger partial charge on any atom is 0.318 e. The van der Waals surface area contributed by atoms with Crippen LogP contribution in [0.2, 0.25) is 0 Å². The highest BCUT2D eigenvalue weighted by atomic mass is 32.2. The lowest BCUT2D eigenvalue weighted by atomic mass is 10.4. The maximum absolute atomic E-state index is 10.6. The molecular formula is C6H10N4O2S. The topological polar surface area (TPSA) is 94.0 Å². The monoisotopic (exact) mass is 202 g/mol. The normalized spacial score (nSPS) is 12.8. The van der Waals surface area contributed by atoms with Crippen LogP contribution in [0.25, 0.3) is 0 Å². The van der Waals surface area contributed by atoms with E-state index in [2.05, 4.69) is 10.2 Å². The highest BCUT2D eigenvalue weighted by molar-refractivity contribution is 8.00. The second kappa shape index (κ2) is 4.24. The summed E-state index contributed by atoms with van der Waals surface area (Å²) in [7, 11) is 1.75. The number of hydrogen-bond acceptors (Lipinski definition) is 5. The molecule has 7 heteroatoms. The smallest absolute Gasteiger partial charge is 0.318 e. The number of aromatic nitrogens is 3. The van der Waals surface area contributed by atoms with Crippen LogP contribution in [0.4, 0.5) is 0 Å². The highest BCUT2D eigenvalue weighted by Crippen LogP contribution is 2.19. The molecule has 0 saturated carbocycles. The summed E-state index contributed by atoms with van der Waals surface area (Å²) in [4.78, 5) is 10.6. The van der Waals surface area contributed by atoms with Crippen molar-refractivity contribution in [3.63, 3.8) is 0 Å². The number of carboxylic acid groups (broad SMARTS) is 1. The molecule has 1 atom stereocenters. The Hall–Kier alpha value is -1.08. The minimum absolute atomic E-state index is 0.0762. The first-order valence-corrected chi connectivity index (χ1v) is 4.46. The predicted octanol–water partition coefficient (Wildman–Crippen LogP) is -0.681. The number of nitrogens with zero attached hydrogens (tertiary/aromatic N) is 3. The Kier molecular flexibility index (Phi) is 3.26. The molecule has 1 heterocycles. The fraction of sp³-hybridized carbons (Fsp3) is 0.500. The van der Waals surface area contributed by atoms with Gasteiger partial charge in [-0.25, -0.2) is 0 Å². The average Bonchev–Trinajstić information content (AvgIpc) is 2.46. The van der Waals surface area contributed by atoms with Crippen LogP contribution in [0.1, 0.15) is 0 Å². The molecule has 0 spiro atoms. The number of aliphatic carboxylic acids is 1. The van der Waals surface area contributed by atoms with E-state index < -0.39 is 11.2 Å². The molecule has 3 N–H and O–H groups in total.